The molecule has 0 saturated heterocycles. The van der Waals surface area contributed by atoms with Gasteiger partial charge < -0.3 is 5.32 Å². The molecule has 1 aliphatic carbocycles. The molecule has 156 valence electrons. The molecule has 2 aromatic rings. The maximum absolute atomic E-state index is 12.5. The summed E-state index contributed by atoms with van der Waals surface area (Å²) >= 11 is 16.9. The van der Waals surface area contributed by atoms with E-state index in [1.807, 2.05) is 24.3 Å². The van der Waals surface area contributed by atoms with Gasteiger partial charge in [-0.3, -0.25) is 9.79 Å². The van der Waals surface area contributed by atoms with E-state index in [4.69, 9.17) is 33.2 Å². The molecular weight excluding hydrogens is 505 g/mol. The topological polar surface area (TPSA) is 53.8 Å². The third-order valence-electron chi connectivity index (χ3n) is 5.09. The maximum atomic E-state index is 12.5. The van der Waals surface area contributed by atoms with Gasteiger partial charge in [-0.05, 0) is 56.0 Å². The highest BCUT2D eigenvalue weighted by atomic mass is 79.9. The fraction of sp³-hybridized carbons (Fsp3) is 0.318. The third-order valence-corrected chi connectivity index (χ3v) is 7.02. The quantitative estimate of drug-likeness (QED) is 0.468. The minimum absolute atomic E-state index is 0.138. The second kappa shape index (κ2) is 9.43. The third kappa shape index (κ3) is 5.28. The van der Waals surface area contributed by atoms with Gasteiger partial charge in [-0.1, -0.05) is 69.4 Å². The Balaban J connectivity index is 1.50. The molecule has 2 aromatic carbocycles. The first-order chi connectivity index (χ1) is 14.4. The van der Waals surface area contributed by atoms with Crippen LogP contribution < -0.4 is 5.32 Å². The van der Waals surface area contributed by atoms with Crippen LogP contribution in [0.15, 0.2) is 56.9 Å². The summed E-state index contributed by atoms with van der Waals surface area (Å²) in [5.74, 6) is 0.0926. The largest absolute Gasteiger partial charge is 0.325 e. The van der Waals surface area contributed by atoms with Crippen LogP contribution >= 0.6 is 50.9 Å². The number of benzene rings is 2. The fourth-order valence-electron chi connectivity index (χ4n) is 3.72. The van der Waals surface area contributed by atoms with Crippen molar-refractivity contribution >= 4 is 73.2 Å². The van der Waals surface area contributed by atoms with Crippen LogP contribution in [0.5, 0.6) is 0 Å². The van der Waals surface area contributed by atoms with Crippen molar-refractivity contribution < 1.29 is 4.79 Å². The molecule has 8 heteroatoms. The molecule has 0 radical (unpaired) electrons. The average molecular weight is 525 g/mol. The molecule has 0 aromatic heterocycles. The highest BCUT2D eigenvalue weighted by molar-refractivity contribution is 9.10. The van der Waals surface area contributed by atoms with Crippen LogP contribution in [0.4, 0.5) is 5.69 Å². The molecule has 30 heavy (non-hydrogen) atoms. The lowest BCUT2D eigenvalue weighted by atomic mass is 9.90. The molecule has 1 fully saturated rings. The Hall–Kier alpha value is -1.34. The Morgan fingerprint density at radius 2 is 1.70 bits per heavy atom. The van der Waals surface area contributed by atoms with Gasteiger partial charge in [0.15, 0.2) is 5.66 Å². The Morgan fingerprint density at radius 1 is 1.03 bits per heavy atom. The molecule has 1 heterocycles. The first-order valence-corrected chi connectivity index (χ1v) is 12.3. The van der Waals surface area contributed by atoms with Crippen molar-refractivity contribution in [3.05, 3.63) is 62.5 Å². The van der Waals surface area contributed by atoms with E-state index in [2.05, 4.69) is 21.2 Å². The van der Waals surface area contributed by atoms with Gasteiger partial charge in [0.1, 0.15) is 5.04 Å². The van der Waals surface area contributed by atoms with Crippen LogP contribution in [0.1, 0.15) is 37.7 Å². The normalized spacial score (nSPS) is 17.6. The molecule has 1 N–H and O–H groups in total. The number of thioether (sulfide) groups is 1. The smallest absolute Gasteiger partial charge is 0.234 e. The molecule has 0 unspecified atom stereocenters. The number of halogens is 3. The van der Waals surface area contributed by atoms with Gasteiger partial charge in [-0.25, -0.2) is 4.99 Å². The summed E-state index contributed by atoms with van der Waals surface area (Å²) in [4.78, 5) is 22.6. The summed E-state index contributed by atoms with van der Waals surface area (Å²) in [5, 5.41) is 4.64. The lowest BCUT2D eigenvalue weighted by Crippen LogP contribution is -2.25. The first kappa shape index (κ1) is 21.9. The van der Waals surface area contributed by atoms with Crippen LogP contribution in [0.3, 0.4) is 0 Å². The van der Waals surface area contributed by atoms with Gasteiger partial charge in [0.05, 0.1) is 11.5 Å². The van der Waals surface area contributed by atoms with E-state index < -0.39 is 0 Å². The number of rotatable bonds is 4. The number of aliphatic imine (C=N–C) groups is 2. The molecule has 0 bridgehead atoms. The predicted molar refractivity (Wildman–Crippen MR) is 131 cm³/mol. The molecule has 1 aliphatic heterocycles. The molecule has 1 amide bonds. The summed E-state index contributed by atoms with van der Waals surface area (Å²) in [5.41, 5.74) is 2.12. The van der Waals surface area contributed by atoms with Crippen molar-refractivity contribution in [3.63, 3.8) is 0 Å². The van der Waals surface area contributed by atoms with E-state index in [0.717, 1.165) is 46.5 Å². The number of carbonyl (C=O) groups is 1. The molecule has 4 rings (SSSR count). The van der Waals surface area contributed by atoms with E-state index in [-0.39, 0.29) is 17.3 Å². The maximum Gasteiger partial charge on any atom is 0.234 e. The number of hydrogen-bond acceptors (Lipinski definition) is 4. The van der Waals surface area contributed by atoms with Gasteiger partial charge in [0.25, 0.3) is 0 Å². The van der Waals surface area contributed by atoms with Crippen LogP contribution in [-0.4, -0.2) is 28.1 Å². The highest BCUT2D eigenvalue weighted by Crippen LogP contribution is 2.38. The Kier molecular flexibility index (Phi) is 6.88. The van der Waals surface area contributed by atoms with E-state index >= 15 is 0 Å². The lowest BCUT2D eigenvalue weighted by molar-refractivity contribution is -0.113. The van der Waals surface area contributed by atoms with Crippen molar-refractivity contribution in [2.75, 3.05) is 11.1 Å². The second-order valence-corrected chi connectivity index (χ2v) is 10.2. The van der Waals surface area contributed by atoms with E-state index in [0.29, 0.717) is 15.7 Å². The van der Waals surface area contributed by atoms with Crippen molar-refractivity contribution in [2.45, 2.75) is 37.8 Å². The summed E-state index contributed by atoms with van der Waals surface area (Å²) in [6.45, 7) is 0. The number of nitrogens with zero attached hydrogens (tertiary/aromatic N) is 2. The first-order valence-electron chi connectivity index (χ1n) is 9.77. The van der Waals surface area contributed by atoms with Crippen molar-refractivity contribution in [1.29, 1.82) is 0 Å². The molecule has 4 nitrogen and oxygen atoms in total. The van der Waals surface area contributed by atoms with Gasteiger partial charge in [-0.15, -0.1) is 0 Å². The Bertz CT molecular complexity index is 997. The second-order valence-electron chi connectivity index (χ2n) is 7.42. The molecule has 2 aliphatic rings. The highest BCUT2D eigenvalue weighted by Gasteiger charge is 2.37. The predicted octanol–water partition coefficient (Wildman–Crippen LogP) is 6.99. The SMILES string of the molecule is O=C(CSC1=NC2(CCCCC2)N=C1c1ccc(Br)cc1)Nc1cc(Cl)cc(Cl)c1. The van der Waals surface area contributed by atoms with Crippen molar-refractivity contribution in [1.82, 2.24) is 0 Å². The van der Waals surface area contributed by atoms with E-state index in [1.165, 1.54) is 18.2 Å². The Morgan fingerprint density at radius 3 is 2.37 bits per heavy atom. The molecule has 1 spiro atoms. The zero-order chi connectivity index (χ0) is 21.1. The molecular formula is C22H20BrCl2N3OS. The van der Waals surface area contributed by atoms with Gasteiger partial charge in [-0.2, -0.15) is 0 Å². The number of carbonyl (C=O) groups excluding carboxylic acids is 1. The number of anilines is 1. The summed E-state index contributed by atoms with van der Waals surface area (Å²) in [6, 6.07) is 13.1. The fourth-order valence-corrected chi connectivity index (χ4v) is 5.38. The lowest BCUT2D eigenvalue weighted by Gasteiger charge is -2.27. The summed E-state index contributed by atoms with van der Waals surface area (Å²) < 4.78 is 1.02. The van der Waals surface area contributed by atoms with E-state index in [9.17, 15) is 4.79 Å². The van der Waals surface area contributed by atoms with Gasteiger partial charge in [0.2, 0.25) is 5.91 Å². The van der Waals surface area contributed by atoms with Crippen LogP contribution in [-0.2, 0) is 4.79 Å². The van der Waals surface area contributed by atoms with Crippen molar-refractivity contribution in [3.8, 4) is 0 Å². The zero-order valence-corrected chi connectivity index (χ0v) is 20.0. The number of nitrogens with one attached hydrogen (secondary N) is 1. The number of amides is 1. The standard InChI is InChI=1S/C22H20BrCl2N3OS/c23-15-6-4-14(5-7-15)20-21(28-22(27-20)8-2-1-3-9-22)30-13-19(29)26-18-11-16(24)10-17(25)12-18/h4-7,10-12H,1-3,8-9,13H2,(H,26,29). The van der Waals surface area contributed by atoms with Crippen LogP contribution in [0.25, 0.3) is 0 Å². The minimum atomic E-state index is -0.361. The molecule has 1 saturated carbocycles. The minimum Gasteiger partial charge on any atom is -0.325 e. The van der Waals surface area contributed by atoms with Gasteiger partial charge >= 0.3 is 0 Å². The molecule has 0 atom stereocenters. The monoisotopic (exact) mass is 523 g/mol. The zero-order valence-electron chi connectivity index (χ0n) is 16.1. The summed E-state index contributed by atoms with van der Waals surface area (Å²) in [6.07, 6.45) is 5.42. The summed E-state index contributed by atoms with van der Waals surface area (Å²) in [7, 11) is 0. The average Bonchev–Trinajstić information content (AvgIpc) is 3.04. The van der Waals surface area contributed by atoms with E-state index in [1.54, 1.807) is 18.2 Å². The Labute approximate surface area is 198 Å². The van der Waals surface area contributed by atoms with Crippen LogP contribution in [0.2, 0.25) is 10.0 Å². The van der Waals surface area contributed by atoms with Crippen LogP contribution in [0, 0.1) is 0 Å². The van der Waals surface area contributed by atoms with Crippen molar-refractivity contribution in [2.24, 2.45) is 9.98 Å². The van der Waals surface area contributed by atoms with Gasteiger partial charge in [0, 0.05) is 25.8 Å². The number of hydrogen-bond donors (Lipinski definition) is 1.